The van der Waals surface area contributed by atoms with Crippen LogP contribution in [0.1, 0.15) is 29.3 Å². The summed E-state index contributed by atoms with van der Waals surface area (Å²) >= 11 is 0. The van der Waals surface area contributed by atoms with E-state index in [4.69, 9.17) is 10.5 Å². The highest BCUT2D eigenvalue weighted by atomic mass is 16.5. The van der Waals surface area contributed by atoms with Gasteiger partial charge in [-0.25, -0.2) is 0 Å². The van der Waals surface area contributed by atoms with Crippen molar-refractivity contribution >= 4 is 5.91 Å². The van der Waals surface area contributed by atoms with Crippen molar-refractivity contribution in [3.63, 3.8) is 0 Å². The van der Waals surface area contributed by atoms with Gasteiger partial charge in [-0.1, -0.05) is 11.8 Å². The predicted octanol–water partition coefficient (Wildman–Crippen LogP) is 1.15. The zero-order valence-corrected chi connectivity index (χ0v) is 11.2. The average molecular weight is 260 g/mol. The summed E-state index contributed by atoms with van der Waals surface area (Å²) in [6.07, 6.45) is 0.819. The number of hydrogen-bond donors (Lipinski definition) is 2. The lowest BCUT2D eigenvalue weighted by Crippen LogP contribution is -2.25. The Labute approximate surface area is 114 Å². The third-order valence-electron chi connectivity index (χ3n) is 2.44. The van der Waals surface area contributed by atoms with Gasteiger partial charge in [0.2, 0.25) is 0 Å². The third kappa shape index (κ3) is 6.05. The fraction of sp³-hybridized carbons (Fsp3) is 0.400. The predicted molar refractivity (Wildman–Crippen MR) is 75.8 cm³/mol. The number of carbonyl (C=O) groups is 1. The number of benzene rings is 1. The van der Waals surface area contributed by atoms with Gasteiger partial charge in [0.1, 0.15) is 0 Å². The van der Waals surface area contributed by atoms with Crippen LogP contribution in [0.15, 0.2) is 24.3 Å². The second-order valence-electron chi connectivity index (χ2n) is 3.89. The van der Waals surface area contributed by atoms with E-state index in [0.717, 1.165) is 12.0 Å². The number of hydrogen-bond acceptors (Lipinski definition) is 3. The SMILES string of the molecule is CCOCCCNC(=O)c1ccc(C#CCN)cc1. The number of ether oxygens (including phenoxy) is 1. The molecule has 0 spiro atoms. The molecule has 0 saturated carbocycles. The number of nitrogens with two attached hydrogens (primary N) is 1. The van der Waals surface area contributed by atoms with Crippen molar-refractivity contribution in [1.29, 1.82) is 0 Å². The van der Waals surface area contributed by atoms with Crippen LogP contribution < -0.4 is 11.1 Å². The van der Waals surface area contributed by atoms with E-state index in [1.165, 1.54) is 0 Å². The largest absolute Gasteiger partial charge is 0.382 e. The van der Waals surface area contributed by atoms with E-state index in [1.54, 1.807) is 12.1 Å². The standard InChI is InChI=1S/C15H20N2O2/c1-2-19-12-4-11-17-15(18)14-8-6-13(7-9-14)5-3-10-16/h6-9H,2,4,10-12,16H2,1H3,(H,17,18). The van der Waals surface area contributed by atoms with Gasteiger partial charge < -0.3 is 15.8 Å². The molecule has 0 aliphatic heterocycles. The summed E-state index contributed by atoms with van der Waals surface area (Å²) in [5.74, 6) is 5.61. The topological polar surface area (TPSA) is 64.3 Å². The molecular formula is C15H20N2O2. The normalized spacial score (nSPS) is 9.58. The van der Waals surface area contributed by atoms with Gasteiger partial charge in [0.05, 0.1) is 6.54 Å². The minimum Gasteiger partial charge on any atom is -0.382 e. The zero-order chi connectivity index (χ0) is 13.9. The smallest absolute Gasteiger partial charge is 0.251 e. The van der Waals surface area contributed by atoms with Crippen LogP contribution in [0, 0.1) is 11.8 Å². The van der Waals surface area contributed by atoms with Crippen LogP contribution in [-0.4, -0.2) is 32.2 Å². The van der Waals surface area contributed by atoms with Crippen molar-refractivity contribution in [1.82, 2.24) is 5.32 Å². The molecule has 3 N–H and O–H groups in total. The highest BCUT2D eigenvalue weighted by Crippen LogP contribution is 2.03. The maximum Gasteiger partial charge on any atom is 0.251 e. The fourth-order valence-corrected chi connectivity index (χ4v) is 1.48. The van der Waals surface area contributed by atoms with E-state index >= 15 is 0 Å². The molecule has 19 heavy (non-hydrogen) atoms. The molecule has 4 nitrogen and oxygen atoms in total. The zero-order valence-electron chi connectivity index (χ0n) is 11.2. The van der Waals surface area contributed by atoms with E-state index in [0.29, 0.717) is 31.9 Å². The van der Waals surface area contributed by atoms with Crippen LogP contribution in [0.25, 0.3) is 0 Å². The summed E-state index contributed by atoms with van der Waals surface area (Å²) in [6, 6.07) is 7.16. The molecule has 0 aliphatic carbocycles. The summed E-state index contributed by atoms with van der Waals surface area (Å²) in [6.45, 7) is 4.28. The number of carbonyl (C=O) groups excluding carboxylic acids is 1. The second kappa shape index (κ2) is 9.15. The molecule has 1 aromatic carbocycles. The van der Waals surface area contributed by atoms with Crippen molar-refractivity contribution in [3.8, 4) is 11.8 Å². The molecule has 1 aromatic rings. The quantitative estimate of drug-likeness (QED) is 0.596. The molecule has 0 fully saturated rings. The van der Waals surface area contributed by atoms with Crippen LogP contribution in [0.2, 0.25) is 0 Å². The average Bonchev–Trinajstić information content (AvgIpc) is 2.45. The van der Waals surface area contributed by atoms with Crippen LogP contribution in [0.5, 0.6) is 0 Å². The molecule has 1 amide bonds. The van der Waals surface area contributed by atoms with Crippen molar-refractivity contribution in [3.05, 3.63) is 35.4 Å². The van der Waals surface area contributed by atoms with Crippen molar-refractivity contribution < 1.29 is 9.53 Å². The minimum absolute atomic E-state index is 0.0742. The van der Waals surface area contributed by atoms with Gasteiger partial charge in [-0.3, -0.25) is 4.79 Å². The first kappa shape index (κ1) is 15.2. The molecule has 0 heterocycles. The van der Waals surface area contributed by atoms with Crippen LogP contribution >= 0.6 is 0 Å². The van der Waals surface area contributed by atoms with Crippen molar-refractivity contribution in [2.24, 2.45) is 5.73 Å². The van der Waals surface area contributed by atoms with Gasteiger partial charge in [0, 0.05) is 30.9 Å². The molecular weight excluding hydrogens is 240 g/mol. The number of rotatable bonds is 6. The summed E-state index contributed by atoms with van der Waals surface area (Å²) in [5.41, 5.74) is 6.79. The summed E-state index contributed by atoms with van der Waals surface area (Å²) in [7, 11) is 0. The summed E-state index contributed by atoms with van der Waals surface area (Å²) in [5, 5.41) is 2.85. The van der Waals surface area contributed by atoms with Crippen LogP contribution in [-0.2, 0) is 4.74 Å². The molecule has 0 unspecified atom stereocenters. The van der Waals surface area contributed by atoms with Crippen molar-refractivity contribution in [2.45, 2.75) is 13.3 Å². The van der Waals surface area contributed by atoms with E-state index in [2.05, 4.69) is 17.2 Å². The molecule has 0 saturated heterocycles. The number of amides is 1. The van der Waals surface area contributed by atoms with E-state index in [1.807, 2.05) is 19.1 Å². The monoisotopic (exact) mass is 260 g/mol. The minimum atomic E-state index is -0.0742. The Kier molecular flexibility index (Phi) is 7.33. The summed E-state index contributed by atoms with van der Waals surface area (Å²) in [4.78, 5) is 11.8. The first-order valence-corrected chi connectivity index (χ1v) is 6.43. The van der Waals surface area contributed by atoms with Gasteiger partial charge >= 0.3 is 0 Å². The lowest BCUT2D eigenvalue weighted by Gasteiger charge is -2.05. The molecule has 0 aromatic heterocycles. The van der Waals surface area contributed by atoms with Gasteiger partial charge in [0.25, 0.3) is 5.91 Å². The lowest BCUT2D eigenvalue weighted by molar-refractivity contribution is 0.0944. The lowest BCUT2D eigenvalue weighted by atomic mass is 10.1. The van der Waals surface area contributed by atoms with Gasteiger partial charge in [-0.15, -0.1) is 0 Å². The maximum absolute atomic E-state index is 11.8. The molecule has 0 bridgehead atoms. The molecule has 4 heteroatoms. The first-order chi connectivity index (χ1) is 9.27. The third-order valence-corrected chi connectivity index (χ3v) is 2.44. The maximum atomic E-state index is 11.8. The molecule has 0 radical (unpaired) electrons. The van der Waals surface area contributed by atoms with Gasteiger partial charge in [-0.2, -0.15) is 0 Å². The summed E-state index contributed by atoms with van der Waals surface area (Å²) < 4.78 is 5.20. The van der Waals surface area contributed by atoms with Crippen LogP contribution in [0.3, 0.4) is 0 Å². The Balaban J connectivity index is 2.40. The van der Waals surface area contributed by atoms with E-state index < -0.39 is 0 Å². The number of nitrogens with one attached hydrogen (secondary N) is 1. The van der Waals surface area contributed by atoms with Crippen LogP contribution in [0.4, 0.5) is 0 Å². The van der Waals surface area contributed by atoms with Gasteiger partial charge in [0.15, 0.2) is 0 Å². The first-order valence-electron chi connectivity index (χ1n) is 6.43. The Hall–Kier alpha value is -1.83. The highest BCUT2D eigenvalue weighted by Gasteiger charge is 2.03. The van der Waals surface area contributed by atoms with E-state index in [-0.39, 0.29) is 5.91 Å². The van der Waals surface area contributed by atoms with E-state index in [9.17, 15) is 4.79 Å². The fourth-order valence-electron chi connectivity index (χ4n) is 1.48. The Morgan fingerprint density at radius 1 is 1.37 bits per heavy atom. The highest BCUT2D eigenvalue weighted by molar-refractivity contribution is 5.94. The molecule has 0 atom stereocenters. The second-order valence-corrected chi connectivity index (χ2v) is 3.89. The Morgan fingerprint density at radius 3 is 2.74 bits per heavy atom. The molecule has 0 aliphatic rings. The molecule has 102 valence electrons. The van der Waals surface area contributed by atoms with Crippen molar-refractivity contribution in [2.75, 3.05) is 26.3 Å². The van der Waals surface area contributed by atoms with Gasteiger partial charge in [-0.05, 0) is 37.6 Å². The Bertz CT molecular complexity index is 443. The Morgan fingerprint density at radius 2 is 2.11 bits per heavy atom. The molecule has 1 rings (SSSR count).